The van der Waals surface area contributed by atoms with Crippen LogP contribution < -0.4 is 15.4 Å². The van der Waals surface area contributed by atoms with Crippen molar-refractivity contribution in [1.29, 1.82) is 4.78 Å². The summed E-state index contributed by atoms with van der Waals surface area (Å²) in [6.45, 7) is 2.90. The van der Waals surface area contributed by atoms with E-state index in [1.54, 1.807) is 54.7 Å². The fourth-order valence-corrected chi connectivity index (χ4v) is 4.61. The number of nitrogens with one attached hydrogen (secondary N) is 3. The molecular formula is C26H26N5O4S2-. The second kappa shape index (κ2) is 11.4. The third-order valence-electron chi connectivity index (χ3n) is 5.38. The predicted molar refractivity (Wildman–Crippen MR) is 144 cm³/mol. The summed E-state index contributed by atoms with van der Waals surface area (Å²) in [5.74, 6) is 1.64. The number of benzene rings is 3. The van der Waals surface area contributed by atoms with E-state index in [2.05, 4.69) is 20.6 Å². The molecule has 3 N–H and O–H groups in total. The largest absolute Gasteiger partial charge is 0.494 e. The molecule has 0 atom stereocenters. The van der Waals surface area contributed by atoms with Crippen molar-refractivity contribution in [3.05, 3.63) is 84.6 Å². The van der Waals surface area contributed by atoms with Crippen molar-refractivity contribution in [1.82, 2.24) is 9.97 Å². The minimum absolute atomic E-state index is 0.260. The van der Waals surface area contributed by atoms with Crippen LogP contribution in [0.25, 0.3) is 11.1 Å². The number of rotatable bonds is 10. The zero-order valence-electron chi connectivity index (χ0n) is 20.3. The van der Waals surface area contributed by atoms with Gasteiger partial charge < -0.3 is 24.4 Å². The maximum atomic E-state index is 11.8. The number of aromatic nitrogens is 2. The van der Waals surface area contributed by atoms with Gasteiger partial charge in [0.05, 0.1) is 11.5 Å². The van der Waals surface area contributed by atoms with Gasteiger partial charge in [-0.05, 0) is 48.4 Å². The Morgan fingerprint density at radius 2 is 1.76 bits per heavy atom. The summed E-state index contributed by atoms with van der Waals surface area (Å²) in [4.78, 5) is 9.75. The van der Waals surface area contributed by atoms with E-state index >= 15 is 0 Å². The van der Waals surface area contributed by atoms with Gasteiger partial charge in [-0.25, -0.2) is 13.4 Å². The Hall–Kier alpha value is -3.96. The molecule has 0 saturated carbocycles. The molecule has 0 aliphatic heterocycles. The molecule has 4 aromatic rings. The molecule has 192 valence electrons. The number of anilines is 3. The molecule has 0 amide bonds. The number of nitrogens with zero attached hydrogens (tertiary/aromatic N) is 2. The lowest BCUT2D eigenvalue weighted by Gasteiger charge is -2.14. The molecule has 1 aromatic heterocycles. The first-order valence-electron chi connectivity index (χ1n) is 11.4. The van der Waals surface area contributed by atoms with Crippen LogP contribution in [0, 0.1) is 4.78 Å². The summed E-state index contributed by atoms with van der Waals surface area (Å²) in [6.07, 6.45) is 2.88. The van der Waals surface area contributed by atoms with Crippen LogP contribution in [-0.2, 0) is 31.2 Å². The van der Waals surface area contributed by atoms with Crippen molar-refractivity contribution in [2.45, 2.75) is 23.3 Å². The molecule has 0 aliphatic rings. The maximum Gasteiger partial charge on any atom is 0.229 e. The Morgan fingerprint density at radius 3 is 2.41 bits per heavy atom. The lowest BCUT2D eigenvalue weighted by atomic mass is 10.1. The van der Waals surface area contributed by atoms with Gasteiger partial charge in [-0.2, -0.15) is 15.6 Å². The highest BCUT2D eigenvalue weighted by Crippen LogP contribution is 2.29. The molecule has 4 rings (SSSR count). The van der Waals surface area contributed by atoms with Crippen LogP contribution in [0.5, 0.6) is 5.75 Å². The fraction of sp³-hybridized carbons (Fsp3) is 0.154. The zero-order valence-corrected chi connectivity index (χ0v) is 21.9. The van der Waals surface area contributed by atoms with Gasteiger partial charge in [-0.3, -0.25) is 0 Å². The van der Waals surface area contributed by atoms with Gasteiger partial charge >= 0.3 is 0 Å². The van der Waals surface area contributed by atoms with Gasteiger partial charge in [0, 0.05) is 30.2 Å². The summed E-state index contributed by atoms with van der Waals surface area (Å²) in [7, 11) is -5.13. The smallest absolute Gasteiger partial charge is 0.229 e. The second-order valence-corrected chi connectivity index (χ2v) is 11.1. The Bertz CT molecular complexity index is 1560. The van der Waals surface area contributed by atoms with Crippen LogP contribution in [0.2, 0.25) is 0 Å². The minimum Gasteiger partial charge on any atom is -0.494 e. The van der Waals surface area contributed by atoms with Crippen LogP contribution in [0.15, 0.2) is 88.8 Å². The van der Waals surface area contributed by atoms with Crippen molar-refractivity contribution in [2.24, 2.45) is 0 Å². The standard InChI is InChI=1S/C26H26N5O4S2/c1-3-35-21-11-9-19(10-12-21)24-17-29-26(30-20-5-4-6-22(15-20)36(27)32)31-25(24)28-16-18-7-13-23(14-8-18)37(2,33)34/h4-15,17,27H,3,16H2,1-2H3,(H2,28,29,30,31)/q-1. The third-order valence-corrected chi connectivity index (χ3v) is 7.19. The summed E-state index contributed by atoms with van der Waals surface area (Å²) >= 11 is 0. The van der Waals surface area contributed by atoms with Crippen molar-refractivity contribution in [3.63, 3.8) is 0 Å². The predicted octanol–water partition coefficient (Wildman–Crippen LogP) is 5.39. The van der Waals surface area contributed by atoms with Gasteiger partial charge in [0.15, 0.2) is 9.84 Å². The molecule has 0 bridgehead atoms. The molecular weight excluding hydrogens is 510 g/mol. The SMILES string of the molecule is CCOc1ccc(-c2cnc(Nc3cccc([S-](=N)=O)c3)nc2NCc2ccc(S(C)(=O)=O)cc2)cc1. The maximum absolute atomic E-state index is 11.8. The highest BCUT2D eigenvalue weighted by Gasteiger charge is 2.12. The molecule has 0 unspecified atom stereocenters. The van der Waals surface area contributed by atoms with E-state index in [-0.39, 0.29) is 4.90 Å². The quantitative estimate of drug-likeness (QED) is 0.230. The molecule has 0 aliphatic carbocycles. The Morgan fingerprint density at radius 1 is 1.03 bits per heavy atom. The first-order chi connectivity index (χ1) is 17.7. The van der Waals surface area contributed by atoms with Crippen molar-refractivity contribution >= 4 is 37.9 Å². The molecule has 0 fully saturated rings. The van der Waals surface area contributed by atoms with Crippen LogP contribution in [0.4, 0.5) is 17.5 Å². The van der Waals surface area contributed by atoms with E-state index in [4.69, 9.17) is 9.52 Å². The third kappa shape index (κ3) is 6.83. The van der Waals surface area contributed by atoms with Gasteiger partial charge in [0.2, 0.25) is 5.95 Å². The van der Waals surface area contributed by atoms with Crippen LogP contribution in [0.1, 0.15) is 12.5 Å². The van der Waals surface area contributed by atoms with Crippen molar-refractivity contribution < 1.29 is 17.4 Å². The average molecular weight is 537 g/mol. The Labute approximate surface area is 217 Å². The second-order valence-electron chi connectivity index (χ2n) is 8.10. The first-order valence-corrected chi connectivity index (χ1v) is 14.4. The average Bonchev–Trinajstić information content (AvgIpc) is 2.88. The monoisotopic (exact) mass is 536 g/mol. The lowest BCUT2D eigenvalue weighted by Crippen LogP contribution is -2.07. The van der Waals surface area contributed by atoms with Crippen molar-refractivity contribution in [3.8, 4) is 16.9 Å². The lowest BCUT2D eigenvalue weighted by molar-refractivity contribution is 0.340. The van der Waals surface area contributed by atoms with Gasteiger partial charge in [-0.15, -0.1) is 0 Å². The van der Waals surface area contributed by atoms with E-state index in [1.165, 1.54) is 6.26 Å². The Kier molecular flexibility index (Phi) is 8.04. The summed E-state index contributed by atoms with van der Waals surface area (Å²) in [5, 5.41) is 6.43. The fourth-order valence-electron chi connectivity index (χ4n) is 3.54. The zero-order chi connectivity index (χ0) is 26.4. The molecule has 0 spiro atoms. The minimum atomic E-state index is -3.27. The molecule has 3 aromatic carbocycles. The summed E-state index contributed by atoms with van der Waals surface area (Å²) in [6, 6.07) is 21.0. The van der Waals surface area contributed by atoms with E-state index in [1.807, 2.05) is 31.2 Å². The van der Waals surface area contributed by atoms with E-state index < -0.39 is 20.4 Å². The summed E-state index contributed by atoms with van der Waals surface area (Å²) in [5.41, 5.74) is 3.14. The molecule has 11 heteroatoms. The van der Waals surface area contributed by atoms with Crippen LogP contribution in [0.3, 0.4) is 0 Å². The number of sulfone groups is 1. The highest BCUT2D eigenvalue weighted by atomic mass is 32.2. The highest BCUT2D eigenvalue weighted by molar-refractivity contribution is 7.90. The topological polar surface area (TPSA) is 134 Å². The first kappa shape index (κ1) is 26.1. The van der Waals surface area contributed by atoms with Crippen LogP contribution in [-0.4, -0.2) is 31.2 Å². The normalized spacial score (nSPS) is 11.3. The van der Waals surface area contributed by atoms with E-state index in [9.17, 15) is 12.6 Å². The van der Waals surface area contributed by atoms with E-state index in [0.717, 1.165) is 22.4 Å². The number of hydrogen-bond donors (Lipinski definition) is 3. The molecule has 0 radical (unpaired) electrons. The molecule has 0 saturated heterocycles. The van der Waals surface area contributed by atoms with Gasteiger partial charge in [0.1, 0.15) is 11.6 Å². The van der Waals surface area contributed by atoms with Gasteiger partial charge in [-0.1, -0.05) is 47.4 Å². The van der Waals surface area contributed by atoms with Gasteiger partial charge in [0.25, 0.3) is 0 Å². The van der Waals surface area contributed by atoms with E-state index in [0.29, 0.717) is 35.5 Å². The van der Waals surface area contributed by atoms with Crippen molar-refractivity contribution in [2.75, 3.05) is 23.5 Å². The van der Waals surface area contributed by atoms with Crippen LogP contribution >= 0.6 is 0 Å². The Balaban J connectivity index is 1.64. The molecule has 1 heterocycles. The summed E-state index contributed by atoms with van der Waals surface area (Å²) < 4.78 is 48.0. The number of hydrogen-bond acceptors (Lipinski definition) is 10. The number of ether oxygens (including phenoxy) is 1. The molecule has 37 heavy (non-hydrogen) atoms. The molecule has 9 nitrogen and oxygen atoms in total.